The molecule has 0 unspecified atom stereocenters. The lowest BCUT2D eigenvalue weighted by Crippen LogP contribution is -2.31. The summed E-state index contributed by atoms with van der Waals surface area (Å²) >= 11 is 0. The van der Waals surface area contributed by atoms with Crippen molar-refractivity contribution < 1.29 is 0 Å². The monoisotopic (exact) mass is 235 g/mol. The lowest BCUT2D eigenvalue weighted by atomic mass is 10.1. The van der Waals surface area contributed by atoms with Crippen molar-refractivity contribution in [1.82, 2.24) is 15.0 Å². The highest BCUT2D eigenvalue weighted by atomic mass is 15.3. The van der Waals surface area contributed by atoms with Crippen LogP contribution in [0, 0.1) is 6.92 Å². The van der Waals surface area contributed by atoms with E-state index < -0.39 is 0 Å². The Bertz CT molecular complexity index is 360. The average molecular weight is 235 g/mol. The third kappa shape index (κ3) is 3.28. The molecule has 1 saturated heterocycles. The Morgan fingerprint density at radius 2 is 1.88 bits per heavy atom. The number of piperidine rings is 1. The normalized spacial score (nSPS) is 16.0. The van der Waals surface area contributed by atoms with Gasteiger partial charge in [-0.1, -0.05) is 6.92 Å². The fraction of sp³-hybridized carbons (Fsp3) is 0.750. The molecule has 5 nitrogen and oxygen atoms in total. The Labute approximate surface area is 103 Å². The van der Waals surface area contributed by atoms with Crippen LogP contribution >= 0.6 is 0 Å². The Hall–Kier alpha value is -1.39. The second-order valence-electron chi connectivity index (χ2n) is 4.48. The first-order valence-corrected chi connectivity index (χ1v) is 6.51. The van der Waals surface area contributed by atoms with Crippen LogP contribution in [0.5, 0.6) is 0 Å². The summed E-state index contributed by atoms with van der Waals surface area (Å²) in [4.78, 5) is 15.5. The topological polar surface area (TPSA) is 53.9 Å². The number of hydrogen-bond donors (Lipinski definition) is 1. The van der Waals surface area contributed by atoms with Gasteiger partial charge in [-0.3, -0.25) is 0 Å². The highest BCUT2D eigenvalue weighted by molar-refractivity contribution is 5.37. The van der Waals surface area contributed by atoms with Crippen molar-refractivity contribution in [3.63, 3.8) is 0 Å². The molecule has 0 aliphatic carbocycles. The Morgan fingerprint density at radius 3 is 2.59 bits per heavy atom. The summed E-state index contributed by atoms with van der Waals surface area (Å²) in [6.45, 7) is 7.09. The molecule has 1 aromatic heterocycles. The van der Waals surface area contributed by atoms with Crippen LogP contribution in [-0.2, 0) is 0 Å². The van der Waals surface area contributed by atoms with Crippen LogP contribution in [0.25, 0.3) is 0 Å². The molecule has 2 heterocycles. The number of nitrogens with one attached hydrogen (secondary N) is 1. The van der Waals surface area contributed by atoms with Gasteiger partial charge in [0.15, 0.2) is 0 Å². The average Bonchev–Trinajstić information content (AvgIpc) is 2.37. The van der Waals surface area contributed by atoms with Gasteiger partial charge >= 0.3 is 0 Å². The lowest BCUT2D eigenvalue weighted by Gasteiger charge is -2.26. The van der Waals surface area contributed by atoms with Gasteiger partial charge in [0.05, 0.1) is 0 Å². The molecular formula is C12H21N5. The van der Waals surface area contributed by atoms with Crippen LogP contribution in [0.2, 0.25) is 0 Å². The van der Waals surface area contributed by atoms with E-state index in [1.54, 1.807) is 0 Å². The number of rotatable bonds is 4. The van der Waals surface area contributed by atoms with E-state index in [1.807, 2.05) is 6.92 Å². The number of aromatic nitrogens is 3. The molecule has 0 aromatic carbocycles. The first-order chi connectivity index (χ1) is 8.29. The maximum absolute atomic E-state index is 4.49. The predicted molar refractivity (Wildman–Crippen MR) is 69.4 cm³/mol. The SMILES string of the molecule is CCCNc1nc(C)nc(N2CCCCC2)n1. The molecule has 1 fully saturated rings. The van der Waals surface area contributed by atoms with Gasteiger partial charge in [0.25, 0.3) is 0 Å². The fourth-order valence-electron chi connectivity index (χ4n) is 2.02. The molecular weight excluding hydrogens is 214 g/mol. The minimum atomic E-state index is 0.708. The maximum Gasteiger partial charge on any atom is 0.230 e. The Balaban J connectivity index is 2.12. The van der Waals surface area contributed by atoms with Crippen molar-refractivity contribution in [2.45, 2.75) is 39.5 Å². The molecule has 2 rings (SSSR count). The van der Waals surface area contributed by atoms with Gasteiger partial charge in [-0.25, -0.2) is 0 Å². The standard InChI is InChI=1S/C12H21N5/c1-3-7-13-11-14-10(2)15-12(16-11)17-8-5-4-6-9-17/h3-9H2,1-2H3,(H,13,14,15,16). The van der Waals surface area contributed by atoms with Crippen molar-refractivity contribution in [3.05, 3.63) is 5.82 Å². The van der Waals surface area contributed by atoms with Gasteiger partial charge in [-0.2, -0.15) is 15.0 Å². The van der Waals surface area contributed by atoms with E-state index in [9.17, 15) is 0 Å². The van der Waals surface area contributed by atoms with Crippen molar-refractivity contribution >= 4 is 11.9 Å². The van der Waals surface area contributed by atoms with Crippen LogP contribution in [0.15, 0.2) is 0 Å². The van der Waals surface area contributed by atoms with Crippen LogP contribution < -0.4 is 10.2 Å². The lowest BCUT2D eigenvalue weighted by molar-refractivity contribution is 0.566. The summed E-state index contributed by atoms with van der Waals surface area (Å²) in [7, 11) is 0. The number of nitrogens with zero attached hydrogens (tertiary/aromatic N) is 4. The van der Waals surface area contributed by atoms with Crippen LogP contribution in [0.1, 0.15) is 38.4 Å². The third-order valence-electron chi connectivity index (χ3n) is 2.91. The Morgan fingerprint density at radius 1 is 1.12 bits per heavy atom. The summed E-state index contributed by atoms with van der Waals surface area (Å²) < 4.78 is 0. The van der Waals surface area contributed by atoms with Gasteiger partial charge in [0.2, 0.25) is 11.9 Å². The summed E-state index contributed by atoms with van der Waals surface area (Å²) in [6.07, 6.45) is 4.87. The van der Waals surface area contributed by atoms with Gasteiger partial charge in [-0.15, -0.1) is 0 Å². The summed E-state index contributed by atoms with van der Waals surface area (Å²) in [5, 5.41) is 3.23. The van der Waals surface area contributed by atoms with Gasteiger partial charge in [0, 0.05) is 19.6 Å². The highest BCUT2D eigenvalue weighted by Crippen LogP contribution is 2.16. The molecule has 1 aliphatic rings. The predicted octanol–water partition coefficient (Wildman–Crippen LogP) is 1.99. The zero-order valence-corrected chi connectivity index (χ0v) is 10.7. The first-order valence-electron chi connectivity index (χ1n) is 6.51. The summed E-state index contributed by atoms with van der Waals surface area (Å²) in [6, 6.07) is 0. The van der Waals surface area contributed by atoms with Crippen molar-refractivity contribution in [1.29, 1.82) is 0 Å². The first kappa shape index (κ1) is 12.1. The van der Waals surface area contributed by atoms with Crippen LogP contribution in [0.4, 0.5) is 11.9 Å². The molecule has 0 atom stereocenters. The van der Waals surface area contributed by atoms with Crippen molar-refractivity contribution in [2.24, 2.45) is 0 Å². The number of hydrogen-bond acceptors (Lipinski definition) is 5. The second kappa shape index (κ2) is 5.80. The van der Waals surface area contributed by atoms with Gasteiger partial charge < -0.3 is 10.2 Å². The molecule has 1 aliphatic heterocycles. The largest absolute Gasteiger partial charge is 0.354 e. The molecule has 1 aromatic rings. The molecule has 0 bridgehead atoms. The number of aryl methyl sites for hydroxylation is 1. The van der Waals surface area contributed by atoms with E-state index in [0.29, 0.717) is 5.95 Å². The third-order valence-corrected chi connectivity index (χ3v) is 2.91. The minimum absolute atomic E-state index is 0.708. The highest BCUT2D eigenvalue weighted by Gasteiger charge is 2.14. The quantitative estimate of drug-likeness (QED) is 0.865. The summed E-state index contributed by atoms with van der Waals surface area (Å²) in [5.41, 5.74) is 0. The molecule has 0 saturated carbocycles. The van der Waals surface area contributed by atoms with E-state index in [-0.39, 0.29) is 0 Å². The zero-order chi connectivity index (χ0) is 12.1. The van der Waals surface area contributed by atoms with Crippen molar-refractivity contribution in [2.75, 3.05) is 29.9 Å². The molecule has 1 N–H and O–H groups in total. The summed E-state index contributed by atoms with van der Waals surface area (Å²) in [5.74, 6) is 2.33. The van der Waals surface area contributed by atoms with E-state index in [0.717, 1.165) is 37.8 Å². The smallest absolute Gasteiger partial charge is 0.230 e. The fourth-order valence-corrected chi connectivity index (χ4v) is 2.02. The van der Waals surface area contributed by atoms with Crippen LogP contribution in [-0.4, -0.2) is 34.6 Å². The second-order valence-corrected chi connectivity index (χ2v) is 4.48. The number of anilines is 2. The molecule has 5 heteroatoms. The molecule has 0 radical (unpaired) electrons. The molecule has 17 heavy (non-hydrogen) atoms. The maximum atomic E-state index is 4.49. The van der Waals surface area contributed by atoms with Gasteiger partial charge in [-0.05, 0) is 32.6 Å². The molecule has 0 amide bonds. The van der Waals surface area contributed by atoms with Crippen molar-refractivity contribution in [3.8, 4) is 0 Å². The Kier molecular flexibility index (Phi) is 4.12. The van der Waals surface area contributed by atoms with E-state index in [1.165, 1.54) is 19.3 Å². The molecule has 0 spiro atoms. The van der Waals surface area contributed by atoms with E-state index >= 15 is 0 Å². The van der Waals surface area contributed by atoms with Gasteiger partial charge in [0.1, 0.15) is 5.82 Å². The minimum Gasteiger partial charge on any atom is -0.354 e. The molecule has 94 valence electrons. The zero-order valence-electron chi connectivity index (χ0n) is 10.7. The van der Waals surface area contributed by atoms with E-state index in [2.05, 4.69) is 32.1 Å². The van der Waals surface area contributed by atoms with E-state index in [4.69, 9.17) is 0 Å². The van der Waals surface area contributed by atoms with Crippen LogP contribution in [0.3, 0.4) is 0 Å².